The lowest BCUT2D eigenvalue weighted by Crippen LogP contribution is -2.01. The third-order valence-corrected chi connectivity index (χ3v) is 2.44. The zero-order valence-electron chi connectivity index (χ0n) is 9.51. The van der Waals surface area contributed by atoms with Crippen LogP contribution in [0.3, 0.4) is 0 Å². The van der Waals surface area contributed by atoms with E-state index in [9.17, 15) is 8.78 Å². The Bertz CT molecular complexity index is 497. The summed E-state index contributed by atoms with van der Waals surface area (Å²) in [4.78, 5) is 4.24. The van der Waals surface area contributed by atoms with Crippen molar-refractivity contribution in [2.45, 2.75) is 13.2 Å². The molecule has 0 amide bonds. The first-order valence-electron chi connectivity index (χ1n) is 5.39. The molecule has 0 aliphatic rings. The fraction of sp³-hybridized carbons (Fsp3) is 0.154. The van der Waals surface area contributed by atoms with Crippen molar-refractivity contribution in [1.82, 2.24) is 4.98 Å². The molecule has 0 atom stereocenters. The van der Waals surface area contributed by atoms with E-state index in [1.165, 1.54) is 12.1 Å². The van der Waals surface area contributed by atoms with Gasteiger partial charge in [0.1, 0.15) is 5.75 Å². The Labute approximate surface area is 103 Å². The topological polar surface area (TPSA) is 48.1 Å². The largest absolute Gasteiger partial charge is 0.435 e. The Morgan fingerprint density at radius 1 is 1.11 bits per heavy atom. The predicted molar refractivity (Wildman–Crippen MR) is 64.2 cm³/mol. The molecule has 2 N–H and O–H groups in total. The molecule has 5 heteroatoms. The highest BCUT2D eigenvalue weighted by Crippen LogP contribution is 2.21. The van der Waals surface area contributed by atoms with Crippen molar-refractivity contribution < 1.29 is 13.5 Å². The van der Waals surface area contributed by atoms with E-state index in [1.807, 2.05) is 12.1 Å². The molecule has 1 heterocycles. The molecule has 0 radical (unpaired) electrons. The quantitative estimate of drug-likeness (QED) is 0.907. The van der Waals surface area contributed by atoms with E-state index in [0.29, 0.717) is 6.54 Å². The number of pyridine rings is 1. The number of nitrogens with two attached hydrogens (primary N) is 1. The van der Waals surface area contributed by atoms with Crippen molar-refractivity contribution in [3.8, 4) is 17.0 Å². The highest BCUT2D eigenvalue weighted by Gasteiger charge is 2.04. The second-order valence-electron chi connectivity index (χ2n) is 3.66. The first-order valence-corrected chi connectivity index (χ1v) is 5.39. The van der Waals surface area contributed by atoms with Gasteiger partial charge in [0.25, 0.3) is 0 Å². The maximum atomic E-state index is 12.0. The molecule has 0 unspecified atom stereocenters. The van der Waals surface area contributed by atoms with Crippen molar-refractivity contribution in [3.63, 3.8) is 0 Å². The summed E-state index contributed by atoms with van der Waals surface area (Å²) in [6.07, 6.45) is 1.69. The summed E-state index contributed by atoms with van der Waals surface area (Å²) in [5.74, 6) is 0.132. The van der Waals surface area contributed by atoms with Crippen molar-refractivity contribution in [1.29, 1.82) is 0 Å². The zero-order chi connectivity index (χ0) is 13.0. The molecule has 0 saturated heterocycles. The van der Waals surface area contributed by atoms with Gasteiger partial charge in [-0.05, 0) is 35.9 Å². The molecule has 0 fully saturated rings. The number of ether oxygens (including phenoxy) is 1. The second kappa shape index (κ2) is 5.55. The summed E-state index contributed by atoms with van der Waals surface area (Å²) < 4.78 is 28.2. The third-order valence-electron chi connectivity index (χ3n) is 2.44. The van der Waals surface area contributed by atoms with Crippen LogP contribution in [0, 0.1) is 0 Å². The molecule has 18 heavy (non-hydrogen) atoms. The van der Waals surface area contributed by atoms with E-state index in [4.69, 9.17) is 5.73 Å². The fourth-order valence-corrected chi connectivity index (χ4v) is 1.52. The van der Waals surface area contributed by atoms with Crippen molar-refractivity contribution in [2.75, 3.05) is 0 Å². The van der Waals surface area contributed by atoms with Crippen LogP contribution < -0.4 is 10.5 Å². The highest BCUT2D eigenvalue weighted by atomic mass is 19.3. The van der Waals surface area contributed by atoms with Gasteiger partial charge in [-0.15, -0.1) is 0 Å². The lowest BCUT2D eigenvalue weighted by Gasteiger charge is -2.06. The molecular weight excluding hydrogens is 238 g/mol. The van der Waals surface area contributed by atoms with Gasteiger partial charge in [0.15, 0.2) is 0 Å². The number of rotatable bonds is 4. The average Bonchev–Trinajstić information content (AvgIpc) is 2.39. The van der Waals surface area contributed by atoms with E-state index in [2.05, 4.69) is 9.72 Å². The molecule has 0 aliphatic heterocycles. The summed E-state index contributed by atoms with van der Waals surface area (Å²) in [5.41, 5.74) is 8.01. The van der Waals surface area contributed by atoms with E-state index >= 15 is 0 Å². The summed E-state index contributed by atoms with van der Waals surface area (Å²) in [7, 11) is 0. The minimum absolute atomic E-state index is 0.132. The van der Waals surface area contributed by atoms with Gasteiger partial charge in [0, 0.05) is 18.3 Å². The maximum Gasteiger partial charge on any atom is 0.387 e. The van der Waals surface area contributed by atoms with Crippen LogP contribution in [0.15, 0.2) is 42.6 Å². The van der Waals surface area contributed by atoms with Gasteiger partial charge >= 0.3 is 6.61 Å². The molecular formula is C13H12F2N2O. The smallest absolute Gasteiger partial charge is 0.387 e. The van der Waals surface area contributed by atoms with Crippen LogP contribution in [0.2, 0.25) is 0 Å². The Hall–Kier alpha value is -2.01. The molecule has 2 rings (SSSR count). The van der Waals surface area contributed by atoms with Crippen LogP contribution in [0.1, 0.15) is 5.56 Å². The highest BCUT2D eigenvalue weighted by molar-refractivity contribution is 5.60. The Morgan fingerprint density at radius 2 is 1.83 bits per heavy atom. The lowest BCUT2D eigenvalue weighted by atomic mass is 10.1. The van der Waals surface area contributed by atoms with Gasteiger partial charge in [-0.25, -0.2) is 0 Å². The molecule has 1 aromatic carbocycles. The Morgan fingerprint density at radius 3 is 2.33 bits per heavy atom. The fourth-order valence-electron chi connectivity index (χ4n) is 1.52. The molecule has 94 valence electrons. The number of benzene rings is 1. The Balaban J connectivity index is 2.17. The van der Waals surface area contributed by atoms with Crippen LogP contribution in [-0.2, 0) is 6.54 Å². The standard InChI is InChI=1S/C13H12F2N2O/c14-13(15)18-11-4-2-10(3-5-11)12-6-1-9(7-16)8-17-12/h1-6,8,13H,7,16H2. The van der Waals surface area contributed by atoms with E-state index < -0.39 is 6.61 Å². The van der Waals surface area contributed by atoms with Crippen LogP contribution in [0.5, 0.6) is 5.75 Å². The number of nitrogens with zero attached hydrogens (tertiary/aromatic N) is 1. The minimum Gasteiger partial charge on any atom is -0.435 e. The molecule has 3 nitrogen and oxygen atoms in total. The van der Waals surface area contributed by atoms with Crippen molar-refractivity contribution in [2.24, 2.45) is 5.73 Å². The first kappa shape index (κ1) is 12.4. The van der Waals surface area contributed by atoms with Crippen molar-refractivity contribution >= 4 is 0 Å². The summed E-state index contributed by atoms with van der Waals surface area (Å²) >= 11 is 0. The van der Waals surface area contributed by atoms with Gasteiger partial charge in [-0.3, -0.25) is 4.98 Å². The van der Waals surface area contributed by atoms with Gasteiger partial charge < -0.3 is 10.5 Å². The number of halogens is 2. The molecule has 0 spiro atoms. The zero-order valence-corrected chi connectivity index (χ0v) is 9.51. The minimum atomic E-state index is -2.81. The molecule has 0 saturated carbocycles. The predicted octanol–water partition coefficient (Wildman–Crippen LogP) is 2.81. The number of hydrogen-bond donors (Lipinski definition) is 1. The summed E-state index contributed by atoms with van der Waals surface area (Å²) in [6, 6.07) is 10.1. The van der Waals surface area contributed by atoms with Gasteiger partial charge in [-0.1, -0.05) is 6.07 Å². The van der Waals surface area contributed by atoms with Crippen molar-refractivity contribution in [3.05, 3.63) is 48.2 Å². The van der Waals surface area contributed by atoms with Crippen LogP contribution in [0.25, 0.3) is 11.3 Å². The monoisotopic (exact) mass is 250 g/mol. The maximum absolute atomic E-state index is 12.0. The van der Waals surface area contributed by atoms with E-state index in [1.54, 1.807) is 18.3 Å². The molecule has 2 aromatic rings. The van der Waals surface area contributed by atoms with Gasteiger partial charge in [0.05, 0.1) is 5.69 Å². The first-order chi connectivity index (χ1) is 8.69. The summed E-state index contributed by atoms with van der Waals surface area (Å²) in [5, 5.41) is 0. The third kappa shape index (κ3) is 3.01. The number of aromatic nitrogens is 1. The van der Waals surface area contributed by atoms with Gasteiger partial charge in [-0.2, -0.15) is 8.78 Å². The molecule has 1 aromatic heterocycles. The van der Waals surface area contributed by atoms with Crippen LogP contribution in [0.4, 0.5) is 8.78 Å². The molecule has 0 aliphatic carbocycles. The van der Waals surface area contributed by atoms with Gasteiger partial charge in [0.2, 0.25) is 0 Å². The second-order valence-corrected chi connectivity index (χ2v) is 3.66. The lowest BCUT2D eigenvalue weighted by molar-refractivity contribution is -0.0498. The molecule has 0 bridgehead atoms. The number of alkyl halides is 2. The Kier molecular flexibility index (Phi) is 3.84. The van der Waals surface area contributed by atoms with E-state index in [-0.39, 0.29) is 5.75 Å². The number of hydrogen-bond acceptors (Lipinski definition) is 3. The normalized spacial score (nSPS) is 10.7. The van der Waals surface area contributed by atoms with Crippen LogP contribution >= 0.6 is 0 Å². The summed E-state index contributed by atoms with van der Waals surface area (Å²) in [6.45, 7) is -2.37. The average molecular weight is 250 g/mol. The van der Waals surface area contributed by atoms with Crippen LogP contribution in [-0.4, -0.2) is 11.6 Å². The SMILES string of the molecule is NCc1ccc(-c2ccc(OC(F)F)cc2)nc1. The van der Waals surface area contributed by atoms with E-state index in [0.717, 1.165) is 16.8 Å².